The van der Waals surface area contributed by atoms with E-state index in [4.69, 9.17) is 10.5 Å². The highest BCUT2D eigenvalue weighted by Gasteiger charge is 2.20. The van der Waals surface area contributed by atoms with Gasteiger partial charge in [-0.3, -0.25) is 9.78 Å². The lowest BCUT2D eigenvalue weighted by atomic mass is 9.94. The molecule has 134 valence electrons. The topological polar surface area (TPSA) is 77.2 Å². The molecule has 1 amide bonds. The summed E-state index contributed by atoms with van der Waals surface area (Å²) in [6, 6.07) is 15.6. The molecule has 1 atom stereocenters. The zero-order valence-corrected chi connectivity index (χ0v) is 14.8. The van der Waals surface area contributed by atoms with Crippen LogP contribution >= 0.6 is 0 Å². The van der Waals surface area contributed by atoms with Crippen molar-refractivity contribution < 1.29 is 9.53 Å². The smallest absolute Gasteiger partial charge is 0.231 e. The summed E-state index contributed by atoms with van der Waals surface area (Å²) in [5, 5.41) is 5.10. The first kappa shape index (κ1) is 18.0. The van der Waals surface area contributed by atoms with Crippen LogP contribution in [-0.2, 0) is 16.1 Å². The molecule has 2 aromatic carbocycles. The second-order valence-corrected chi connectivity index (χ2v) is 6.23. The van der Waals surface area contributed by atoms with Crippen molar-refractivity contribution in [2.24, 2.45) is 5.73 Å². The number of rotatable bonds is 7. The fourth-order valence-electron chi connectivity index (χ4n) is 3.02. The molecule has 0 saturated carbocycles. The minimum absolute atomic E-state index is 0.0525. The number of ether oxygens (including phenoxy) is 1. The van der Waals surface area contributed by atoms with E-state index in [9.17, 15) is 4.79 Å². The van der Waals surface area contributed by atoms with Gasteiger partial charge in [0, 0.05) is 30.6 Å². The standard InChI is InChI=1S/C21H23N3O2/c1-26-14-15-2-4-16(5-3-15)20(8-10-22)21(25)24-19-7-6-18-13-23-11-9-17(18)12-19/h2-7,9,11-13,20H,8,10,14,22H2,1H3,(H,24,25)/t20-/m1/s1. The molecule has 1 aromatic heterocycles. The largest absolute Gasteiger partial charge is 0.380 e. The molecule has 0 radical (unpaired) electrons. The van der Waals surface area contributed by atoms with Gasteiger partial charge in [0.25, 0.3) is 0 Å². The molecule has 0 aliphatic rings. The summed E-state index contributed by atoms with van der Waals surface area (Å²) in [6.45, 7) is 1.00. The van der Waals surface area contributed by atoms with Gasteiger partial charge in [-0.2, -0.15) is 0 Å². The predicted molar refractivity (Wildman–Crippen MR) is 104 cm³/mol. The van der Waals surface area contributed by atoms with Gasteiger partial charge in [-0.25, -0.2) is 0 Å². The predicted octanol–water partition coefficient (Wildman–Crippen LogP) is 3.45. The van der Waals surface area contributed by atoms with E-state index in [2.05, 4.69) is 10.3 Å². The van der Waals surface area contributed by atoms with Crippen LogP contribution in [-0.4, -0.2) is 24.5 Å². The number of hydrogen-bond donors (Lipinski definition) is 2. The highest BCUT2D eigenvalue weighted by Crippen LogP contribution is 2.24. The zero-order chi connectivity index (χ0) is 18.4. The number of anilines is 1. The molecule has 0 unspecified atom stereocenters. The molecule has 3 rings (SSSR count). The number of fused-ring (bicyclic) bond motifs is 1. The van der Waals surface area contributed by atoms with Crippen LogP contribution in [0.3, 0.4) is 0 Å². The van der Waals surface area contributed by atoms with E-state index >= 15 is 0 Å². The molecule has 26 heavy (non-hydrogen) atoms. The van der Waals surface area contributed by atoms with E-state index in [-0.39, 0.29) is 11.8 Å². The number of nitrogens with one attached hydrogen (secondary N) is 1. The van der Waals surface area contributed by atoms with Crippen LogP contribution < -0.4 is 11.1 Å². The molecular formula is C21H23N3O2. The summed E-state index contributed by atoms with van der Waals surface area (Å²) in [7, 11) is 1.66. The lowest BCUT2D eigenvalue weighted by Gasteiger charge is -2.17. The molecule has 0 saturated heterocycles. The van der Waals surface area contributed by atoms with Gasteiger partial charge in [-0.05, 0) is 47.7 Å². The van der Waals surface area contributed by atoms with Crippen molar-refractivity contribution >= 4 is 22.4 Å². The number of aromatic nitrogens is 1. The molecule has 0 spiro atoms. The van der Waals surface area contributed by atoms with E-state index < -0.39 is 0 Å². The average molecular weight is 349 g/mol. The second-order valence-electron chi connectivity index (χ2n) is 6.23. The van der Waals surface area contributed by atoms with Gasteiger partial charge < -0.3 is 15.8 Å². The third kappa shape index (κ3) is 4.25. The van der Waals surface area contributed by atoms with Crippen LogP contribution in [0.15, 0.2) is 60.9 Å². The molecular weight excluding hydrogens is 326 g/mol. The molecule has 3 aromatic rings. The van der Waals surface area contributed by atoms with Crippen LogP contribution in [0.25, 0.3) is 10.8 Å². The van der Waals surface area contributed by atoms with Crippen molar-refractivity contribution in [3.05, 3.63) is 72.1 Å². The Hall–Kier alpha value is -2.76. The number of carbonyl (C=O) groups excluding carboxylic acids is 1. The monoisotopic (exact) mass is 349 g/mol. The molecule has 3 N–H and O–H groups in total. The Morgan fingerprint density at radius 3 is 2.69 bits per heavy atom. The Labute approximate surface area is 153 Å². The fraction of sp³-hybridized carbons (Fsp3) is 0.238. The molecule has 1 heterocycles. The lowest BCUT2D eigenvalue weighted by Crippen LogP contribution is -2.23. The van der Waals surface area contributed by atoms with E-state index in [0.717, 1.165) is 27.6 Å². The first-order valence-electron chi connectivity index (χ1n) is 8.63. The SMILES string of the molecule is COCc1ccc([C@@H](CCN)C(=O)Nc2ccc3cnccc3c2)cc1. The Morgan fingerprint density at radius 1 is 1.15 bits per heavy atom. The number of benzene rings is 2. The molecule has 0 bridgehead atoms. The van der Waals surface area contributed by atoms with Gasteiger partial charge in [0.1, 0.15) is 0 Å². The van der Waals surface area contributed by atoms with Crippen LogP contribution in [0.5, 0.6) is 0 Å². The number of amides is 1. The highest BCUT2D eigenvalue weighted by atomic mass is 16.5. The average Bonchev–Trinajstić information content (AvgIpc) is 2.67. The maximum atomic E-state index is 12.8. The van der Waals surface area contributed by atoms with Crippen LogP contribution in [0.1, 0.15) is 23.5 Å². The third-order valence-corrected chi connectivity index (χ3v) is 4.37. The summed E-state index contributed by atoms with van der Waals surface area (Å²) in [5.74, 6) is -0.340. The van der Waals surface area contributed by atoms with Crippen molar-refractivity contribution in [3.63, 3.8) is 0 Å². The Morgan fingerprint density at radius 2 is 1.96 bits per heavy atom. The van der Waals surface area contributed by atoms with E-state index in [1.54, 1.807) is 19.5 Å². The zero-order valence-electron chi connectivity index (χ0n) is 14.8. The summed E-state index contributed by atoms with van der Waals surface area (Å²) < 4.78 is 5.13. The van der Waals surface area contributed by atoms with Gasteiger partial charge in [0.15, 0.2) is 0 Å². The number of nitrogens with zero attached hydrogens (tertiary/aromatic N) is 1. The van der Waals surface area contributed by atoms with E-state index in [1.165, 1.54) is 0 Å². The van der Waals surface area contributed by atoms with E-state index in [0.29, 0.717) is 19.6 Å². The summed E-state index contributed by atoms with van der Waals surface area (Å²) in [6.07, 6.45) is 4.14. The second kappa shape index (κ2) is 8.56. The molecule has 5 nitrogen and oxygen atoms in total. The number of pyridine rings is 1. The highest BCUT2D eigenvalue weighted by molar-refractivity contribution is 5.97. The van der Waals surface area contributed by atoms with Gasteiger partial charge in [-0.15, -0.1) is 0 Å². The quantitative estimate of drug-likeness (QED) is 0.685. The fourth-order valence-corrected chi connectivity index (χ4v) is 3.02. The van der Waals surface area contributed by atoms with E-state index in [1.807, 2.05) is 48.5 Å². The third-order valence-electron chi connectivity index (χ3n) is 4.37. The Balaban J connectivity index is 1.78. The minimum Gasteiger partial charge on any atom is -0.380 e. The molecule has 0 aliphatic heterocycles. The molecule has 0 fully saturated rings. The van der Waals surface area contributed by atoms with Crippen molar-refractivity contribution in [1.29, 1.82) is 0 Å². The Kier molecular flexibility index (Phi) is 5.94. The number of nitrogens with two attached hydrogens (primary N) is 1. The van der Waals surface area contributed by atoms with Gasteiger partial charge in [0.05, 0.1) is 12.5 Å². The molecule has 0 aliphatic carbocycles. The lowest BCUT2D eigenvalue weighted by molar-refractivity contribution is -0.117. The normalized spacial score (nSPS) is 12.1. The summed E-state index contributed by atoms with van der Waals surface area (Å²) in [4.78, 5) is 17.0. The van der Waals surface area contributed by atoms with Crippen molar-refractivity contribution in [2.75, 3.05) is 19.0 Å². The van der Waals surface area contributed by atoms with Gasteiger partial charge in [-0.1, -0.05) is 30.3 Å². The first-order valence-corrected chi connectivity index (χ1v) is 8.63. The number of carbonyl (C=O) groups is 1. The minimum atomic E-state index is -0.287. The van der Waals surface area contributed by atoms with Crippen LogP contribution in [0.4, 0.5) is 5.69 Å². The Bertz CT molecular complexity index is 878. The molecule has 5 heteroatoms. The van der Waals surface area contributed by atoms with Crippen LogP contribution in [0, 0.1) is 0 Å². The summed E-state index contributed by atoms with van der Waals surface area (Å²) in [5.41, 5.74) is 8.54. The van der Waals surface area contributed by atoms with Crippen molar-refractivity contribution in [1.82, 2.24) is 4.98 Å². The van der Waals surface area contributed by atoms with Crippen molar-refractivity contribution in [3.8, 4) is 0 Å². The maximum absolute atomic E-state index is 12.8. The van der Waals surface area contributed by atoms with Gasteiger partial charge in [0.2, 0.25) is 5.91 Å². The summed E-state index contributed by atoms with van der Waals surface area (Å²) >= 11 is 0. The number of methoxy groups -OCH3 is 1. The maximum Gasteiger partial charge on any atom is 0.231 e. The van der Waals surface area contributed by atoms with Gasteiger partial charge >= 0.3 is 0 Å². The first-order chi connectivity index (χ1) is 12.7. The van der Waals surface area contributed by atoms with Crippen molar-refractivity contribution in [2.45, 2.75) is 18.9 Å². The number of hydrogen-bond acceptors (Lipinski definition) is 4. The van der Waals surface area contributed by atoms with Crippen LogP contribution in [0.2, 0.25) is 0 Å².